The Kier molecular flexibility index (Phi) is 3.99. The Morgan fingerprint density at radius 3 is 2.92 bits per heavy atom. The molecule has 1 aromatic heterocycles. The van der Waals surface area contributed by atoms with Crippen LogP contribution in [0.4, 0.5) is 5.82 Å². The number of amides is 2. The van der Waals surface area contributed by atoms with Crippen LogP contribution in [-0.2, 0) is 4.79 Å². The lowest BCUT2D eigenvalue weighted by Crippen LogP contribution is -2.39. The molecule has 7 nitrogen and oxygen atoms in total. The van der Waals surface area contributed by atoms with Crippen molar-refractivity contribution < 1.29 is 9.59 Å². The fourth-order valence-electron chi connectivity index (χ4n) is 3.81. The molecule has 0 radical (unpaired) electrons. The number of carbonyl (C=O) groups excluding carboxylic acids is 2. The molecule has 2 aliphatic rings. The zero-order valence-electron chi connectivity index (χ0n) is 14.2. The number of benzene rings is 1. The lowest BCUT2D eigenvalue weighted by atomic mass is 10.1. The number of rotatable bonds is 3. The van der Waals surface area contributed by atoms with Gasteiger partial charge in [-0.05, 0) is 31.0 Å². The van der Waals surface area contributed by atoms with E-state index in [-0.39, 0.29) is 17.9 Å². The van der Waals surface area contributed by atoms with Gasteiger partial charge >= 0.3 is 0 Å². The normalized spacial score (nSPS) is 20.5. The minimum absolute atomic E-state index is 0.000616. The van der Waals surface area contributed by atoms with E-state index in [4.69, 9.17) is 0 Å². The second-order valence-electron chi connectivity index (χ2n) is 6.59. The molecule has 0 saturated carbocycles. The van der Waals surface area contributed by atoms with Crippen molar-refractivity contribution in [2.24, 2.45) is 0 Å². The first-order valence-electron chi connectivity index (χ1n) is 8.68. The second-order valence-corrected chi connectivity index (χ2v) is 6.59. The Balaban J connectivity index is 1.53. The van der Waals surface area contributed by atoms with Gasteiger partial charge in [0.1, 0.15) is 12.1 Å². The molecule has 2 aromatic rings. The highest BCUT2D eigenvalue weighted by atomic mass is 16.2. The van der Waals surface area contributed by atoms with Crippen LogP contribution in [0.5, 0.6) is 0 Å². The fourth-order valence-corrected chi connectivity index (χ4v) is 3.81. The topological polar surface area (TPSA) is 78.4 Å². The molecule has 0 bridgehead atoms. The summed E-state index contributed by atoms with van der Waals surface area (Å²) in [6.45, 7) is 2.14. The van der Waals surface area contributed by atoms with Gasteiger partial charge in [-0.3, -0.25) is 9.59 Å². The summed E-state index contributed by atoms with van der Waals surface area (Å²) >= 11 is 0. The number of anilines is 1. The molecule has 2 saturated heterocycles. The van der Waals surface area contributed by atoms with Gasteiger partial charge in [0.2, 0.25) is 5.91 Å². The van der Waals surface area contributed by atoms with Gasteiger partial charge in [-0.2, -0.15) is 0 Å². The zero-order valence-corrected chi connectivity index (χ0v) is 14.2. The molecule has 1 unspecified atom stereocenters. The van der Waals surface area contributed by atoms with Gasteiger partial charge in [0.05, 0.1) is 11.6 Å². The van der Waals surface area contributed by atoms with Crippen LogP contribution >= 0.6 is 0 Å². The van der Waals surface area contributed by atoms with Gasteiger partial charge < -0.3 is 15.1 Å². The molecule has 0 aliphatic carbocycles. The number of aromatic nitrogens is 2. The molecule has 25 heavy (non-hydrogen) atoms. The maximum Gasteiger partial charge on any atom is 0.254 e. The third-order valence-electron chi connectivity index (χ3n) is 5.12. The van der Waals surface area contributed by atoms with Crippen molar-refractivity contribution in [1.82, 2.24) is 19.8 Å². The third kappa shape index (κ3) is 2.79. The Bertz CT molecular complexity index is 837. The SMILES string of the molecule is CNc1ncnc2cc(C(=O)N3CCC(N4CCCC4=O)C3)ccc12. The molecule has 7 heteroatoms. The van der Waals surface area contributed by atoms with Crippen LogP contribution in [0, 0.1) is 0 Å². The first-order chi connectivity index (χ1) is 12.2. The molecule has 2 fully saturated rings. The summed E-state index contributed by atoms with van der Waals surface area (Å²) < 4.78 is 0. The van der Waals surface area contributed by atoms with Crippen LogP contribution in [-0.4, -0.2) is 64.3 Å². The predicted molar refractivity (Wildman–Crippen MR) is 94.3 cm³/mol. The van der Waals surface area contributed by atoms with Crippen LogP contribution in [0.3, 0.4) is 0 Å². The highest BCUT2D eigenvalue weighted by Gasteiger charge is 2.35. The summed E-state index contributed by atoms with van der Waals surface area (Å²) in [5, 5.41) is 3.92. The molecule has 2 aliphatic heterocycles. The first kappa shape index (κ1) is 15.8. The van der Waals surface area contributed by atoms with E-state index in [2.05, 4.69) is 15.3 Å². The average molecular weight is 339 g/mol. The molecule has 1 N–H and O–H groups in total. The first-order valence-corrected chi connectivity index (χ1v) is 8.68. The van der Waals surface area contributed by atoms with Crippen LogP contribution in [0.15, 0.2) is 24.5 Å². The van der Waals surface area contributed by atoms with Crippen molar-refractivity contribution in [1.29, 1.82) is 0 Å². The van der Waals surface area contributed by atoms with E-state index in [1.807, 2.05) is 35.0 Å². The summed E-state index contributed by atoms with van der Waals surface area (Å²) in [7, 11) is 1.81. The van der Waals surface area contributed by atoms with Crippen molar-refractivity contribution >= 4 is 28.5 Å². The predicted octanol–water partition coefficient (Wildman–Crippen LogP) is 1.51. The van der Waals surface area contributed by atoms with E-state index in [1.54, 1.807) is 0 Å². The maximum atomic E-state index is 12.9. The molecule has 130 valence electrons. The van der Waals surface area contributed by atoms with E-state index in [9.17, 15) is 9.59 Å². The van der Waals surface area contributed by atoms with Crippen molar-refractivity contribution in [2.75, 3.05) is 32.0 Å². The molecule has 2 amide bonds. The molecule has 0 spiro atoms. The quantitative estimate of drug-likeness (QED) is 0.917. The van der Waals surface area contributed by atoms with E-state index < -0.39 is 0 Å². The van der Waals surface area contributed by atoms with Crippen molar-refractivity contribution in [3.05, 3.63) is 30.1 Å². The van der Waals surface area contributed by atoms with Crippen molar-refractivity contribution in [3.63, 3.8) is 0 Å². The molecule has 1 aromatic carbocycles. The number of hydrogen-bond donors (Lipinski definition) is 1. The van der Waals surface area contributed by atoms with Crippen LogP contribution < -0.4 is 5.32 Å². The van der Waals surface area contributed by atoms with Gasteiger partial charge in [-0.25, -0.2) is 9.97 Å². The molecular weight excluding hydrogens is 318 g/mol. The van der Waals surface area contributed by atoms with E-state index in [0.717, 1.165) is 36.1 Å². The van der Waals surface area contributed by atoms with Gasteiger partial charge in [0, 0.05) is 44.1 Å². The number of hydrogen-bond acceptors (Lipinski definition) is 5. The third-order valence-corrected chi connectivity index (χ3v) is 5.12. The zero-order chi connectivity index (χ0) is 17.4. The summed E-state index contributed by atoms with van der Waals surface area (Å²) in [5.41, 5.74) is 1.37. The summed E-state index contributed by atoms with van der Waals surface area (Å²) in [5.74, 6) is 0.972. The van der Waals surface area contributed by atoms with E-state index in [0.29, 0.717) is 25.1 Å². The number of carbonyl (C=O) groups is 2. The number of likely N-dealkylation sites (tertiary alicyclic amines) is 2. The van der Waals surface area contributed by atoms with E-state index in [1.165, 1.54) is 6.33 Å². The average Bonchev–Trinajstić information content (AvgIpc) is 3.28. The van der Waals surface area contributed by atoms with Crippen LogP contribution in [0.1, 0.15) is 29.6 Å². The van der Waals surface area contributed by atoms with Crippen LogP contribution in [0.2, 0.25) is 0 Å². The summed E-state index contributed by atoms with van der Waals surface area (Å²) in [6.07, 6.45) is 3.93. The number of nitrogens with one attached hydrogen (secondary N) is 1. The Labute approximate surface area is 146 Å². The maximum absolute atomic E-state index is 12.9. The van der Waals surface area contributed by atoms with Crippen molar-refractivity contribution in [3.8, 4) is 0 Å². The van der Waals surface area contributed by atoms with Gasteiger partial charge in [-0.15, -0.1) is 0 Å². The molecule has 3 heterocycles. The van der Waals surface area contributed by atoms with E-state index >= 15 is 0 Å². The number of nitrogens with zero attached hydrogens (tertiary/aromatic N) is 4. The minimum Gasteiger partial charge on any atom is -0.373 e. The monoisotopic (exact) mass is 339 g/mol. The Hall–Kier alpha value is -2.70. The lowest BCUT2D eigenvalue weighted by Gasteiger charge is -2.24. The minimum atomic E-state index is 0.000616. The number of fused-ring (bicyclic) bond motifs is 1. The van der Waals surface area contributed by atoms with Gasteiger partial charge in [0.15, 0.2) is 0 Å². The molecular formula is C18H21N5O2. The van der Waals surface area contributed by atoms with Crippen molar-refractivity contribution in [2.45, 2.75) is 25.3 Å². The highest BCUT2D eigenvalue weighted by molar-refractivity contribution is 5.99. The van der Waals surface area contributed by atoms with Gasteiger partial charge in [-0.1, -0.05) is 0 Å². The summed E-state index contributed by atoms with van der Waals surface area (Å²) in [6, 6.07) is 5.68. The lowest BCUT2D eigenvalue weighted by molar-refractivity contribution is -0.129. The molecule has 1 atom stereocenters. The second kappa shape index (κ2) is 6.31. The summed E-state index contributed by atoms with van der Waals surface area (Å²) in [4.78, 5) is 37.0. The standard InChI is InChI=1S/C18H21N5O2/c1-19-17-14-5-4-12(9-15(14)20-11-21-17)18(25)22-8-6-13(10-22)23-7-2-3-16(23)24/h4-5,9,11,13H,2-3,6-8,10H2,1H3,(H,19,20,21). The van der Waals surface area contributed by atoms with Gasteiger partial charge in [0.25, 0.3) is 5.91 Å². The smallest absolute Gasteiger partial charge is 0.254 e. The Morgan fingerprint density at radius 2 is 2.16 bits per heavy atom. The fraction of sp³-hybridized carbons (Fsp3) is 0.444. The highest BCUT2D eigenvalue weighted by Crippen LogP contribution is 2.24. The largest absolute Gasteiger partial charge is 0.373 e. The Morgan fingerprint density at radius 1 is 1.28 bits per heavy atom. The molecule has 4 rings (SSSR count). The van der Waals surface area contributed by atoms with Crippen LogP contribution in [0.25, 0.3) is 10.9 Å².